The topological polar surface area (TPSA) is 94.2 Å². The molecular formula is C36H40N8O2. The Labute approximate surface area is 269 Å². The molecule has 236 valence electrons. The van der Waals surface area contributed by atoms with Crippen molar-refractivity contribution >= 4 is 5.91 Å². The number of rotatable bonds is 7. The number of benzene rings is 2. The van der Waals surface area contributed by atoms with Crippen LogP contribution in [0.2, 0.25) is 0 Å². The standard InChI is InChI=1S/C36H40N8O2/c1-41-16-14-29(15-17-41)43(3)36(45)26-11-10-25(31(18-26)46-5)19-32-37-20-27-12-13-30-33(34(27)39-32)35(44(4)40-30)24-8-6-23(7-9-24)28-21-38-42(2)22-28/h6-11,18,20-22,29H,12-17,19H2,1-5H3. The lowest BCUT2D eigenvalue weighted by Crippen LogP contribution is -2.44. The SMILES string of the molecule is COc1cc(C(=O)N(C)C2CCN(C)CC2)ccc1Cc1ncc2c(n1)-c1c(nn(C)c1-c1ccc(-c3cnn(C)c3)cc1)CC2. The summed E-state index contributed by atoms with van der Waals surface area (Å²) >= 11 is 0. The van der Waals surface area contributed by atoms with Gasteiger partial charge in [0.2, 0.25) is 0 Å². The van der Waals surface area contributed by atoms with E-state index in [1.807, 2.05) is 72.2 Å². The number of carbonyl (C=O) groups excluding carboxylic acids is 1. The van der Waals surface area contributed by atoms with Crippen molar-refractivity contribution < 1.29 is 9.53 Å². The van der Waals surface area contributed by atoms with Crippen LogP contribution in [0.25, 0.3) is 33.6 Å². The molecule has 4 heterocycles. The van der Waals surface area contributed by atoms with E-state index in [9.17, 15) is 4.79 Å². The van der Waals surface area contributed by atoms with Crippen molar-refractivity contribution in [2.75, 3.05) is 34.3 Å². The van der Waals surface area contributed by atoms with Crippen LogP contribution in [-0.4, -0.2) is 85.6 Å². The minimum atomic E-state index is 0.0227. The third-order valence-electron chi connectivity index (χ3n) is 9.54. The van der Waals surface area contributed by atoms with Gasteiger partial charge >= 0.3 is 0 Å². The lowest BCUT2D eigenvalue weighted by atomic mass is 9.91. The van der Waals surface area contributed by atoms with Crippen LogP contribution >= 0.6 is 0 Å². The summed E-state index contributed by atoms with van der Waals surface area (Å²) in [4.78, 5) is 27.5. The molecule has 0 radical (unpaired) electrons. The fraction of sp³-hybridized carbons (Fsp3) is 0.361. The summed E-state index contributed by atoms with van der Waals surface area (Å²) < 4.78 is 9.58. The molecule has 2 aliphatic rings. The molecule has 1 saturated heterocycles. The minimum absolute atomic E-state index is 0.0227. The third-order valence-corrected chi connectivity index (χ3v) is 9.54. The van der Waals surface area contributed by atoms with Crippen molar-refractivity contribution in [2.24, 2.45) is 14.1 Å². The predicted octanol–water partition coefficient (Wildman–Crippen LogP) is 4.81. The van der Waals surface area contributed by atoms with E-state index in [0.717, 1.165) is 89.2 Å². The third kappa shape index (κ3) is 5.58. The van der Waals surface area contributed by atoms with Crippen LogP contribution in [-0.2, 0) is 33.4 Å². The van der Waals surface area contributed by atoms with E-state index in [0.29, 0.717) is 23.6 Å². The van der Waals surface area contributed by atoms with Crippen LogP contribution in [0.15, 0.2) is 61.1 Å². The van der Waals surface area contributed by atoms with Crippen molar-refractivity contribution in [3.63, 3.8) is 0 Å². The Balaban J connectivity index is 1.16. The number of hydrogen-bond acceptors (Lipinski definition) is 7. The molecule has 10 heteroatoms. The Morgan fingerprint density at radius 2 is 1.74 bits per heavy atom. The van der Waals surface area contributed by atoms with Gasteiger partial charge in [0.25, 0.3) is 5.91 Å². The number of hydrogen-bond donors (Lipinski definition) is 0. The first-order valence-corrected chi connectivity index (χ1v) is 15.9. The lowest BCUT2D eigenvalue weighted by Gasteiger charge is -2.35. The average molecular weight is 617 g/mol. The predicted molar refractivity (Wildman–Crippen MR) is 178 cm³/mol. The van der Waals surface area contributed by atoms with Crippen LogP contribution in [0.4, 0.5) is 0 Å². The van der Waals surface area contributed by atoms with Gasteiger partial charge in [-0.1, -0.05) is 30.3 Å². The molecule has 0 saturated carbocycles. The molecule has 1 amide bonds. The number of nitrogens with zero attached hydrogens (tertiary/aromatic N) is 8. The second kappa shape index (κ2) is 12.2. The maximum atomic E-state index is 13.4. The van der Waals surface area contributed by atoms with E-state index in [4.69, 9.17) is 19.8 Å². The van der Waals surface area contributed by atoms with Crippen molar-refractivity contribution in [1.82, 2.24) is 39.3 Å². The molecule has 3 aromatic heterocycles. The Hall–Kier alpha value is -4.83. The first kappa shape index (κ1) is 29.9. The van der Waals surface area contributed by atoms with Crippen LogP contribution in [0.3, 0.4) is 0 Å². The Kier molecular flexibility index (Phi) is 7.90. The van der Waals surface area contributed by atoms with Crippen LogP contribution < -0.4 is 4.74 Å². The molecule has 0 atom stereocenters. The normalized spacial score (nSPS) is 15.0. The lowest BCUT2D eigenvalue weighted by molar-refractivity contribution is 0.0659. The van der Waals surface area contributed by atoms with E-state index < -0.39 is 0 Å². The van der Waals surface area contributed by atoms with Gasteiger partial charge in [-0.3, -0.25) is 14.2 Å². The molecule has 1 aliphatic heterocycles. The molecule has 46 heavy (non-hydrogen) atoms. The maximum Gasteiger partial charge on any atom is 0.253 e. The molecular weight excluding hydrogens is 576 g/mol. The zero-order valence-corrected chi connectivity index (χ0v) is 27.2. The van der Waals surface area contributed by atoms with Crippen molar-refractivity contribution in [1.29, 1.82) is 0 Å². The summed E-state index contributed by atoms with van der Waals surface area (Å²) in [5.41, 5.74) is 10.1. The van der Waals surface area contributed by atoms with E-state index >= 15 is 0 Å². The number of carbonyl (C=O) groups is 1. The highest BCUT2D eigenvalue weighted by atomic mass is 16.5. The van der Waals surface area contributed by atoms with Gasteiger partial charge in [0, 0.05) is 73.8 Å². The summed E-state index contributed by atoms with van der Waals surface area (Å²) in [5, 5.41) is 9.23. The molecule has 0 bridgehead atoms. The Morgan fingerprint density at radius 3 is 2.46 bits per heavy atom. The fourth-order valence-electron chi connectivity index (χ4n) is 6.85. The number of amides is 1. The molecule has 1 fully saturated rings. The number of aromatic nitrogens is 6. The summed E-state index contributed by atoms with van der Waals surface area (Å²) in [6.07, 6.45) is 10.0. The molecule has 7 rings (SSSR count). The van der Waals surface area contributed by atoms with E-state index in [2.05, 4.69) is 41.3 Å². The molecule has 5 aromatic rings. The van der Waals surface area contributed by atoms with Crippen LogP contribution in [0.1, 0.15) is 45.8 Å². The van der Waals surface area contributed by atoms with Gasteiger partial charge in [-0.25, -0.2) is 9.97 Å². The van der Waals surface area contributed by atoms with Gasteiger partial charge in [-0.05, 0) is 69.1 Å². The van der Waals surface area contributed by atoms with Crippen molar-refractivity contribution in [2.45, 2.75) is 38.1 Å². The molecule has 0 N–H and O–H groups in total. The molecule has 0 spiro atoms. The van der Waals surface area contributed by atoms with Crippen LogP contribution in [0.5, 0.6) is 5.75 Å². The largest absolute Gasteiger partial charge is 0.496 e. The first-order chi connectivity index (χ1) is 22.3. The van der Waals surface area contributed by atoms with E-state index in [-0.39, 0.29) is 11.9 Å². The highest BCUT2D eigenvalue weighted by molar-refractivity contribution is 5.95. The number of fused-ring (bicyclic) bond motifs is 3. The van der Waals surface area contributed by atoms with Gasteiger partial charge in [0.15, 0.2) is 0 Å². The summed E-state index contributed by atoms with van der Waals surface area (Å²) in [6.45, 7) is 2.01. The van der Waals surface area contributed by atoms with E-state index in [1.54, 1.807) is 7.11 Å². The molecule has 2 aromatic carbocycles. The van der Waals surface area contributed by atoms with E-state index in [1.165, 1.54) is 0 Å². The van der Waals surface area contributed by atoms with Gasteiger partial charge in [0.05, 0.1) is 30.4 Å². The van der Waals surface area contributed by atoms with Crippen molar-refractivity contribution in [3.8, 4) is 39.4 Å². The van der Waals surface area contributed by atoms with Gasteiger partial charge in [-0.15, -0.1) is 0 Å². The number of aryl methyl sites for hydroxylation is 4. The number of piperidine rings is 1. The fourth-order valence-corrected chi connectivity index (χ4v) is 6.85. The zero-order chi connectivity index (χ0) is 31.9. The number of methoxy groups -OCH3 is 1. The Morgan fingerprint density at radius 1 is 0.978 bits per heavy atom. The van der Waals surface area contributed by atoms with Gasteiger partial charge in [-0.2, -0.15) is 10.2 Å². The molecule has 1 aliphatic carbocycles. The number of likely N-dealkylation sites (tertiary alicyclic amines) is 1. The second-order valence-electron chi connectivity index (χ2n) is 12.6. The zero-order valence-electron chi connectivity index (χ0n) is 27.2. The minimum Gasteiger partial charge on any atom is -0.496 e. The summed E-state index contributed by atoms with van der Waals surface area (Å²) in [5.74, 6) is 1.39. The highest BCUT2D eigenvalue weighted by Crippen LogP contribution is 2.40. The maximum absolute atomic E-state index is 13.4. The van der Waals surface area contributed by atoms with Crippen molar-refractivity contribution in [3.05, 3.63) is 89.3 Å². The van der Waals surface area contributed by atoms with Gasteiger partial charge < -0.3 is 14.5 Å². The Bertz CT molecular complexity index is 1900. The van der Waals surface area contributed by atoms with Crippen LogP contribution in [0, 0.1) is 0 Å². The first-order valence-electron chi connectivity index (χ1n) is 15.9. The quantitative estimate of drug-likeness (QED) is 0.259. The van der Waals surface area contributed by atoms with Gasteiger partial charge in [0.1, 0.15) is 11.6 Å². The second-order valence-corrected chi connectivity index (χ2v) is 12.6. The average Bonchev–Trinajstić information content (AvgIpc) is 3.67. The number of ether oxygens (including phenoxy) is 1. The summed E-state index contributed by atoms with van der Waals surface area (Å²) in [7, 11) is 9.62. The molecule has 0 unspecified atom stereocenters. The smallest absolute Gasteiger partial charge is 0.253 e. The monoisotopic (exact) mass is 616 g/mol. The summed E-state index contributed by atoms with van der Waals surface area (Å²) in [6, 6.07) is 14.5. The molecule has 10 nitrogen and oxygen atoms in total. The highest BCUT2D eigenvalue weighted by Gasteiger charge is 2.28.